The molecule has 4 aromatic carbocycles. The quantitative estimate of drug-likeness (QED) is 0.0337. The summed E-state index contributed by atoms with van der Waals surface area (Å²) in [6, 6.07) is 48.7. The fourth-order valence-electron chi connectivity index (χ4n) is 19.3. The SMILES string of the molecule is O=C(Nc1cncc(-c2ccc3[nH]nc(-c4nc5c(-c6cccs6)cncc5[nH]4)c3c2)c1)C1CC1.O=C(Nc1cncc(-c2ccc3[nH]nc(-c4nc5c(-c6cccs6)cncc5[nH]4)c3c2)c1)C1CCC1.O=C(Nc1cncc(-c2ccc3[nH]nc(-c4nc5c(-c6cccs6)cncc5[nH]4)c3c2)c1)C1CCCC1.O=C(Nc1cncc(-c2ccc3[nH]nc(-c4nc5c(-c6cccs6)cncc5[nH]4)c3c2)c1)C1CCCCC1. The van der Waals surface area contributed by atoms with Gasteiger partial charge >= 0.3 is 0 Å². The summed E-state index contributed by atoms with van der Waals surface area (Å²) >= 11 is 6.65. The number of aromatic amines is 8. The molecule has 28 rings (SSSR count). The second-order valence-electron chi connectivity index (χ2n) is 36.9. The van der Waals surface area contributed by atoms with Crippen molar-refractivity contribution in [3.63, 3.8) is 0 Å². The molecule has 20 heterocycles. The number of thiophene rings is 4. The van der Waals surface area contributed by atoms with E-state index in [0.29, 0.717) is 40.4 Å². The Balaban J connectivity index is 0.000000102. The summed E-state index contributed by atoms with van der Waals surface area (Å²) in [5.74, 6) is 3.51. The van der Waals surface area contributed by atoms with Gasteiger partial charge in [-0.1, -0.05) is 87.1 Å². The molecule has 4 amide bonds. The molecule has 4 aliphatic carbocycles. The van der Waals surface area contributed by atoms with Crippen LogP contribution >= 0.6 is 45.3 Å². The van der Waals surface area contributed by atoms with E-state index in [4.69, 9.17) is 19.9 Å². The average molecular weight is 1990 g/mol. The van der Waals surface area contributed by atoms with E-state index in [-0.39, 0.29) is 47.3 Å². The molecule has 0 spiro atoms. The number of aromatic nitrogens is 24. The summed E-state index contributed by atoms with van der Waals surface area (Å²) in [5, 5.41) is 54.9. The van der Waals surface area contributed by atoms with Gasteiger partial charge in [0.05, 0.1) is 116 Å². The molecular formula is C110H88N28O4S4. The molecular weight excluding hydrogens is 1910 g/mol. The second-order valence-corrected chi connectivity index (χ2v) is 40.7. The summed E-state index contributed by atoms with van der Waals surface area (Å²) in [6.07, 6.45) is 43.1. The number of amides is 4. The Morgan fingerprint density at radius 1 is 0.247 bits per heavy atom. The molecule has 0 bridgehead atoms. The molecule has 0 atom stereocenters. The third-order valence-electron chi connectivity index (χ3n) is 27.4. The molecule has 0 saturated heterocycles. The van der Waals surface area contributed by atoms with Crippen molar-refractivity contribution in [1.29, 1.82) is 0 Å². The van der Waals surface area contributed by atoms with Gasteiger partial charge in [-0.05, 0) is 192 Å². The van der Waals surface area contributed by atoms with Crippen LogP contribution in [0.1, 0.15) is 89.9 Å². The van der Waals surface area contributed by atoms with Gasteiger partial charge in [0.2, 0.25) is 23.6 Å². The van der Waals surface area contributed by atoms with Crippen LogP contribution in [0.3, 0.4) is 0 Å². The number of fused-ring (bicyclic) bond motifs is 8. The fraction of sp³-hybridized carbons (Fsp3) is 0.164. The zero-order valence-corrected chi connectivity index (χ0v) is 81.3. The molecule has 0 radical (unpaired) electrons. The number of nitrogens with zero attached hydrogens (tertiary/aromatic N) is 16. The van der Waals surface area contributed by atoms with E-state index in [1.165, 1.54) is 6.42 Å². The van der Waals surface area contributed by atoms with Gasteiger partial charge < -0.3 is 41.2 Å². The highest BCUT2D eigenvalue weighted by atomic mass is 32.1. The zero-order valence-electron chi connectivity index (χ0n) is 78.0. The predicted molar refractivity (Wildman–Crippen MR) is 575 cm³/mol. The van der Waals surface area contributed by atoms with Crippen LogP contribution in [0.15, 0.2) is 266 Å². The van der Waals surface area contributed by atoms with E-state index in [1.807, 2.05) is 145 Å². The number of anilines is 4. The summed E-state index contributed by atoms with van der Waals surface area (Å²) in [5.41, 5.74) is 28.0. The van der Waals surface area contributed by atoms with Gasteiger partial charge in [0, 0.05) is 159 Å². The van der Waals surface area contributed by atoms with E-state index in [2.05, 4.69) is 181 Å². The number of carbonyl (C=O) groups excluding carboxylic acids is 4. The van der Waals surface area contributed by atoms with Gasteiger partial charge in [-0.15, -0.1) is 45.3 Å². The van der Waals surface area contributed by atoms with Crippen molar-refractivity contribution in [2.75, 3.05) is 21.3 Å². The van der Waals surface area contributed by atoms with Gasteiger partial charge in [-0.25, -0.2) is 19.9 Å². The second kappa shape index (κ2) is 39.1. The third kappa shape index (κ3) is 18.2. The van der Waals surface area contributed by atoms with Gasteiger partial charge in [-0.2, -0.15) is 20.4 Å². The zero-order chi connectivity index (χ0) is 97.7. The minimum Gasteiger partial charge on any atom is -0.335 e. The number of carbonyl (C=O) groups is 4. The van der Waals surface area contributed by atoms with Crippen LogP contribution in [-0.4, -0.2) is 144 Å². The van der Waals surface area contributed by atoms with Crippen LogP contribution in [-0.2, 0) is 19.2 Å². The number of imidazole rings is 4. The summed E-state index contributed by atoms with van der Waals surface area (Å²) in [4.78, 5) is 123. The summed E-state index contributed by atoms with van der Waals surface area (Å²) in [7, 11) is 0. The van der Waals surface area contributed by atoms with E-state index in [9.17, 15) is 19.2 Å². The Labute approximate surface area is 846 Å². The number of benzene rings is 4. The molecule has 24 aromatic rings. The lowest BCUT2D eigenvalue weighted by Crippen LogP contribution is -2.28. The van der Waals surface area contributed by atoms with Crippen LogP contribution in [0.2, 0.25) is 0 Å². The van der Waals surface area contributed by atoms with Crippen LogP contribution in [0.25, 0.3) is 220 Å². The van der Waals surface area contributed by atoms with E-state index >= 15 is 0 Å². The minimum absolute atomic E-state index is 0.0674. The molecule has 0 aliphatic heterocycles. The maximum Gasteiger partial charge on any atom is 0.227 e. The first kappa shape index (κ1) is 89.8. The number of hydrogen-bond acceptors (Lipinski definition) is 24. The van der Waals surface area contributed by atoms with Crippen molar-refractivity contribution in [2.45, 2.75) is 89.9 Å². The molecule has 20 aromatic heterocycles. The average Bonchev–Trinajstić information content (AvgIpc) is 1.63. The van der Waals surface area contributed by atoms with Gasteiger partial charge in [-0.3, -0.25) is 79.4 Å². The van der Waals surface area contributed by atoms with Gasteiger partial charge in [0.25, 0.3) is 0 Å². The predicted octanol–water partition coefficient (Wildman–Crippen LogP) is 24.9. The number of hydrogen-bond donors (Lipinski definition) is 12. The van der Waals surface area contributed by atoms with E-state index in [0.717, 1.165) is 286 Å². The number of rotatable bonds is 20. The van der Waals surface area contributed by atoms with Crippen molar-refractivity contribution in [3.05, 3.63) is 266 Å². The molecule has 32 nitrogen and oxygen atoms in total. The van der Waals surface area contributed by atoms with Crippen molar-refractivity contribution < 1.29 is 19.2 Å². The van der Waals surface area contributed by atoms with Crippen LogP contribution in [0, 0.1) is 23.7 Å². The topological polar surface area (TPSA) is 449 Å². The highest BCUT2D eigenvalue weighted by Crippen LogP contribution is 2.44. The maximum absolute atomic E-state index is 12.8. The highest BCUT2D eigenvalue weighted by Gasteiger charge is 2.32. The lowest BCUT2D eigenvalue weighted by atomic mass is 9.85. The first-order valence-corrected chi connectivity index (χ1v) is 51.9. The number of nitrogens with one attached hydrogen (secondary N) is 12. The van der Waals surface area contributed by atoms with Crippen molar-refractivity contribution in [3.8, 4) is 132 Å². The van der Waals surface area contributed by atoms with Crippen molar-refractivity contribution in [1.82, 2.24) is 121 Å². The Morgan fingerprint density at radius 2 is 0.493 bits per heavy atom. The molecule has 4 saturated carbocycles. The van der Waals surface area contributed by atoms with Gasteiger partial charge in [0.1, 0.15) is 44.8 Å². The smallest absolute Gasteiger partial charge is 0.227 e. The molecule has 4 fully saturated rings. The van der Waals surface area contributed by atoms with E-state index in [1.54, 1.807) is 107 Å². The molecule has 12 N–H and O–H groups in total. The number of pyridine rings is 8. The molecule has 36 heteroatoms. The van der Waals surface area contributed by atoms with E-state index < -0.39 is 0 Å². The molecule has 716 valence electrons. The Kier molecular flexibility index (Phi) is 24.1. The standard InChI is InChI=1S/C29H25N7OS.C28H23N7OS.C27H21N7OS.C26H19N7OS/c37-29(17-5-2-1-3-6-17)32-20-11-19(13-30-14-20)18-8-9-23-21(12-18)27(36-35-23)28-33-24-16-31-15-22(26(24)34-28)25-7-4-10-38-25;36-28(16-4-1-2-5-16)31-19-10-18(12-29-13-19)17-7-8-22-20(11-17)26(35-34-22)27-32-23-15-30-14-21(25(23)33-27)24-6-3-9-37-24;35-27(15-3-1-4-15)30-18-9-17(11-28-12-18)16-6-7-21-19(10-16)25(34-33-21)26-31-22-14-29-13-20(24(22)32-26)23-5-2-8-36-23;34-26(14-3-4-14)29-17-8-16(10-27-11-17)15-5-6-20-18(9-15)24(33-32-20)25-30-21-13-28-12-19(23(21)31-25)22-2-1-7-35-22/h4,7-17H,1-3,5-6H2,(H,32,37)(H,33,34)(H,35,36);3,6-16H,1-2,4-5H2,(H,31,36)(H,32,33)(H,34,35);2,5-15H,1,3-4H2,(H,30,35)(H,31,32)(H,33,34);1-2,5-14H,3-4H2,(H,29,34)(H,30,31)(H,32,33). The first-order chi connectivity index (χ1) is 71.9. The van der Waals surface area contributed by atoms with Crippen LogP contribution in [0.4, 0.5) is 22.7 Å². The largest absolute Gasteiger partial charge is 0.335 e. The lowest BCUT2D eigenvalue weighted by Gasteiger charge is -2.24. The normalized spacial score (nSPS) is 13.9. The van der Waals surface area contributed by atoms with Crippen LogP contribution < -0.4 is 21.3 Å². The lowest BCUT2D eigenvalue weighted by molar-refractivity contribution is -0.122. The Morgan fingerprint density at radius 3 is 0.733 bits per heavy atom. The third-order valence-corrected chi connectivity index (χ3v) is 31.0. The molecule has 4 aliphatic rings. The van der Waals surface area contributed by atoms with Crippen molar-refractivity contribution >= 4 is 179 Å². The fourth-order valence-corrected chi connectivity index (χ4v) is 22.3. The Hall–Kier alpha value is -17.5. The van der Waals surface area contributed by atoms with Gasteiger partial charge in [0.15, 0.2) is 23.3 Å². The van der Waals surface area contributed by atoms with Crippen LogP contribution in [0.5, 0.6) is 0 Å². The minimum atomic E-state index is 0.0674. The molecule has 0 unspecified atom stereocenters. The maximum atomic E-state index is 12.8. The summed E-state index contributed by atoms with van der Waals surface area (Å²) in [6.45, 7) is 0. The highest BCUT2D eigenvalue weighted by molar-refractivity contribution is 7.14. The Bertz CT molecular complexity index is 9020. The molecule has 146 heavy (non-hydrogen) atoms. The first-order valence-electron chi connectivity index (χ1n) is 48.4. The monoisotopic (exact) mass is 1990 g/mol. The summed E-state index contributed by atoms with van der Waals surface area (Å²) < 4.78 is 0. The van der Waals surface area contributed by atoms with Crippen molar-refractivity contribution in [2.24, 2.45) is 23.7 Å². The number of H-pyrrole nitrogens is 8.